The largest absolute Gasteiger partial charge is 0.344 e. The van der Waals surface area contributed by atoms with Crippen molar-refractivity contribution in [2.24, 2.45) is 0 Å². The maximum atomic E-state index is 12.4. The summed E-state index contributed by atoms with van der Waals surface area (Å²) in [5.41, 5.74) is 0. The Hall–Kier alpha value is 0.260. The van der Waals surface area contributed by atoms with Crippen molar-refractivity contribution in [3.05, 3.63) is 0 Å². The first kappa shape index (κ1) is 16.6. The molecule has 0 radical (unpaired) electrons. The van der Waals surface area contributed by atoms with Gasteiger partial charge in [-0.15, -0.1) is 0 Å². The number of nitrogens with zero attached hydrogens (tertiary/aromatic N) is 1. The molecule has 0 atom stereocenters. The molecule has 2 saturated heterocycles. The summed E-state index contributed by atoms with van der Waals surface area (Å²) in [4.78, 5) is 1.80. The second kappa shape index (κ2) is 7.50. The molecule has 0 aromatic carbocycles. The minimum atomic E-state index is -3.10. The van der Waals surface area contributed by atoms with E-state index < -0.39 is 15.2 Å². The zero-order chi connectivity index (χ0) is 14.5. The van der Waals surface area contributed by atoms with E-state index in [0.717, 1.165) is 19.3 Å². The van der Waals surface area contributed by atoms with E-state index in [1.165, 1.54) is 0 Å². The normalized spacial score (nSPS) is 25.7. The van der Waals surface area contributed by atoms with Gasteiger partial charge in [0.15, 0.2) is 0 Å². The summed E-state index contributed by atoms with van der Waals surface area (Å²) >= 11 is 0. The van der Waals surface area contributed by atoms with Gasteiger partial charge in [0.25, 0.3) is 0 Å². The van der Waals surface area contributed by atoms with Crippen molar-refractivity contribution >= 4 is 15.2 Å². The Morgan fingerprint density at radius 3 is 1.60 bits per heavy atom. The van der Waals surface area contributed by atoms with Gasteiger partial charge in [0.2, 0.25) is 0 Å². The van der Waals surface area contributed by atoms with E-state index in [0.29, 0.717) is 33.0 Å². The van der Waals surface area contributed by atoms with Crippen molar-refractivity contribution < 1.29 is 27.2 Å². The third kappa shape index (κ3) is 4.92. The SMILES string of the molecule is CCCN(CP1(=O)OCCCO1)CP1(=O)OCCCO1. The lowest BCUT2D eigenvalue weighted by molar-refractivity contribution is 0.124. The first-order chi connectivity index (χ1) is 9.55. The van der Waals surface area contributed by atoms with Crippen LogP contribution in [0, 0.1) is 0 Å². The topological polar surface area (TPSA) is 74.3 Å². The molecule has 0 saturated carbocycles. The van der Waals surface area contributed by atoms with Gasteiger partial charge in [-0.2, -0.15) is 0 Å². The van der Waals surface area contributed by atoms with Gasteiger partial charge in [0.05, 0.1) is 26.4 Å². The van der Waals surface area contributed by atoms with E-state index in [9.17, 15) is 9.13 Å². The van der Waals surface area contributed by atoms with Gasteiger partial charge in [0.1, 0.15) is 12.6 Å². The van der Waals surface area contributed by atoms with E-state index in [-0.39, 0.29) is 12.6 Å². The summed E-state index contributed by atoms with van der Waals surface area (Å²) in [5, 5.41) is 0. The standard InChI is InChI=1S/C11H23NO6P2/c1-2-5-12(10-19(13)15-6-3-7-16-19)11-20(14)17-8-4-9-18-20/h2-11H2,1H3. The van der Waals surface area contributed by atoms with Crippen molar-refractivity contribution in [3.63, 3.8) is 0 Å². The highest BCUT2D eigenvalue weighted by atomic mass is 31.2. The third-order valence-corrected chi connectivity index (χ3v) is 6.81. The fourth-order valence-electron chi connectivity index (χ4n) is 2.16. The lowest BCUT2D eigenvalue weighted by Gasteiger charge is -2.32. The Labute approximate surface area is 120 Å². The van der Waals surface area contributed by atoms with Crippen LogP contribution >= 0.6 is 15.2 Å². The van der Waals surface area contributed by atoms with Crippen LogP contribution in [-0.4, -0.2) is 50.4 Å². The average molecular weight is 327 g/mol. The minimum Gasteiger partial charge on any atom is -0.308 e. The molecular weight excluding hydrogens is 304 g/mol. The molecule has 20 heavy (non-hydrogen) atoms. The van der Waals surface area contributed by atoms with Crippen LogP contribution in [0.1, 0.15) is 26.2 Å². The number of rotatable bonds is 6. The Morgan fingerprint density at radius 2 is 1.25 bits per heavy atom. The maximum absolute atomic E-state index is 12.4. The van der Waals surface area contributed by atoms with Crippen LogP contribution in [0.2, 0.25) is 0 Å². The fraction of sp³-hybridized carbons (Fsp3) is 1.00. The van der Waals surface area contributed by atoms with Crippen LogP contribution in [0.4, 0.5) is 0 Å². The highest BCUT2D eigenvalue weighted by Crippen LogP contribution is 2.55. The fourth-order valence-corrected chi connectivity index (χ4v) is 5.89. The molecule has 2 fully saturated rings. The Balaban J connectivity index is 1.95. The third-order valence-electron chi connectivity index (χ3n) is 3.02. The van der Waals surface area contributed by atoms with Crippen LogP contribution in [0.15, 0.2) is 0 Å². The Kier molecular flexibility index (Phi) is 6.24. The van der Waals surface area contributed by atoms with Gasteiger partial charge in [-0.05, 0) is 25.8 Å². The number of hydrogen-bond acceptors (Lipinski definition) is 7. The molecule has 118 valence electrons. The molecule has 2 aliphatic rings. The van der Waals surface area contributed by atoms with E-state index in [4.69, 9.17) is 18.1 Å². The molecule has 0 aromatic rings. The smallest absolute Gasteiger partial charge is 0.308 e. The van der Waals surface area contributed by atoms with E-state index >= 15 is 0 Å². The molecule has 2 aliphatic heterocycles. The predicted molar refractivity (Wildman–Crippen MR) is 75.0 cm³/mol. The lowest BCUT2D eigenvalue weighted by atomic mass is 10.5. The van der Waals surface area contributed by atoms with Gasteiger partial charge in [-0.1, -0.05) is 6.92 Å². The highest BCUT2D eigenvalue weighted by Gasteiger charge is 2.36. The molecule has 0 aliphatic carbocycles. The summed E-state index contributed by atoms with van der Waals surface area (Å²) in [7, 11) is -6.21. The Bertz CT molecular complexity index is 350. The quantitative estimate of drug-likeness (QED) is 0.694. The second-order valence-electron chi connectivity index (χ2n) is 4.94. The van der Waals surface area contributed by atoms with Gasteiger partial charge >= 0.3 is 15.2 Å². The first-order valence-electron chi connectivity index (χ1n) is 7.04. The molecule has 0 spiro atoms. The second-order valence-corrected chi connectivity index (χ2v) is 8.98. The molecular formula is C11H23NO6P2. The molecule has 0 unspecified atom stereocenters. The zero-order valence-electron chi connectivity index (χ0n) is 11.9. The molecule has 7 nitrogen and oxygen atoms in total. The number of hydrogen-bond donors (Lipinski definition) is 0. The van der Waals surface area contributed by atoms with Crippen molar-refractivity contribution in [1.82, 2.24) is 4.90 Å². The van der Waals surface area contributed by atoms with Crippen LogP contribution in [-0.2, 0) is 27.2 Å². The van der Waals surface area contributed by atoms with Crippen LogP contribution in [0.3, 0.4) is 0 Å². The first-order valence-corrected chi connectivity index (χ1v) is 10.5. The predicted octanol–water partition coefficient (Wildman–Crippen LogP) is 2.87. The highest BCUT2D eigenvalue weighted by molar-refractivity contribution is 7.54. The van der Waals surface area contributed by atoms with Crippen LogP contribution in [0.5, 0.6) is 0 Å². The minimum absolute atomic E-state index is 0.136. The van der Waals surface area contributed by atoms with Gasteiger partial charge < -0.3 is 18.1 Å². The molecule has 0 N–H and O–H groups in total. The average Bonchev–Trinajstić information content (AvgIpc) is 2.39. The van der Waals surface area contributed by atoms with Gasteiger partial charge in [0, 0.05) is 0 Å². The van der Waals surface area contributed by atoms with Crippen molar-refractivity contribution in [1.29, 1.82) is 0 Å². The van der Waals surface area contributed by atoms with Gasteiger partial charge in [-0.3, -0.25) is 14.0 Å². The molecule has 0 bridgehead atoms. The summed E-state index contributed by atoms with van der Waals surface area (Å²) < 4.78 is 46.0. The van der Waals surface area contributed by atoms with Crippen molar-refractivity contribution in [2.45, 2.75) is 26.2 Å². The van der Waals surface area contributed by atoms with E-state index in [1.54, 1.807) is 4.90 Å². The lowest BCUT2D eigenvalue weighted by Crippen LogP contribution is -2.30. The van der Waals surface area contributed by atoms with Gasteiger partial charge in [-0.25, -0.2) is 0 Å². The molecule has 2 rings (SSSR count). The van der Waals surface area contributed by atoms with E-state index in [2.05, 4.69) is 0 Å². The van der Waals surface area contributed by atoms with Crippen molar-refractivity contribution in [2.75, 3.05) is 45.5 Å². The molecule has 0 aromatic heterocycles. The molecule has 9 heteroatoms. The maximum Gasteiger partial charge on any atom is 0.344 e. The zero-order valence-corrected chi connectivity index (χ0v) is 13.7. The summed E-state index contributed by atoms with van der Waals surface area (Å²) in [6.45, 7) is 4.44. The van der Waals surface area contributed by atoms with Crippen molar-refractivity contribution in [3.8, 4) is 0 Å². The molecule has 2 heterocycles. The summed E-state index contributed by atoms with van der Waals surface area (Å²) in [5.74, 6) is 0. The monoisotopic (exact) mass is 327 g/mol. The van der Waals surface area contributed by atoms with Crippen LogP contribution < -0.4 is 0 Å². The summed E-state index contributed by atoms with van der Waals surface area (Å²) in [6.07, 6.45) is 2.63. The van der Waals surface area contributed by atoms with Crippen LogP contribution in [0.25, 0.3) is 0 Å². The Morgan fingerprint density at radius 1 is 0.850 bits per heavy atom. The van der Waals surface area contributed by atoms with E-state index in [1.807, 2.05) is 6.92 Å². The molecule has 0 amide bonds. The summed E-state index contributed by atoms with van der Waals surface area (Å²) in [6, 6.07) is 0.